The summed E-state index contributed by atoms with van der Waals surface area (Å²) in [4.78, 5) is 5.79. The molecule has 0 atom stereocenters. The van der Waals surface area contributed by atoms with Crippen LogP contribution in [0.3, 0.4) is 0 Å². The molecule has 0 saturated carbocycles. The van der Waals surface area contributed by atoms with E-state index in [1.54, 1.807) is 23.1 Å². The van der Waals surface area contributed by atoms with Crippen molar-refractivity contribution in [3.8, 4) is 0 Å². The predicted molar refractivity (Wildman–Crippen MR) is 56.0 cm³/mol. The van der Waals surface area contributed by atoms with Crippen molar-refractivity contribution < 1.29 is 0 Å². The van der Waals surface area contributed by atoms with Gasteiger partial charge in [0.1, 0.15) is 4.34 Å². The third kappa shape index (κ3) is 2.47. The van der Waals surface area contributed by atoms with Crippen LogP contribution in [0.25, 0.3) is 0 Å². The first-order valence-corrected chi connectivity index (χ1v) is 5.87. The second-order valence-electron chi connectivity index (χ2n) is 2.46. The van der Waals surface area contributed by atoms with Crippen LogP contribution in [0.4, 0.5) is 0 Å². The number of hydrogen-bond acceptors (Lipinski definition) is 4. The van der Waals surface area contributed by atoms with E-state index in [1.165, 1.54) is 9.22 Å². The Kier molecular flexibility index (Phi) is 4.05. The van der Waals surface area contributed by atoms with Gasteiger partial charge in [0.25, 0.3) is 0 Å². The van der Waals surface area contributed by atoms with Crippen molar-refractivity contribution >= 4 is 23.1 Å². The summed E-state index contributed by atoms with van der Waals surface area (Å²) >= 11 is 3.58. The minimum Gasteiger partial charge on any atom is -0.330 e. The van der Waals surface area contributed by atoms with Crippen LogP contribution >= 0.6 is 23.1 Å². The van der Waals surface area contributed by atoms with Gasteiger partial charge in [-0.25, -0.2) is 4.98 Å². The maximum Gasteiger partial charge on any atom is 0.150 e. The fourth-order valence-electron chi connectivity index (χ4n) is 0.950. The van der Waals surface area contributed by atoms with Gasteiger partial charge in [0, 0.05) is 4.88 Å². The van der Waals surface area contributed by atoms with E-state index in [-0.39, 0.29) is 0 Å². The van der Waals surface area contributed by atoms with E-state index < -0.39 is 0 Å². The first-order valence-electron chi connectivity index (χ1n) is 4.07. The smallest absolute Gasteiger partial charge is 0.150 e. The highest BCUT2D eigenvalue weighted by Crippen LogP contribution is 2.26. The zero-order valence-corrected chi connectivity index (χ0v) is 9.10. The number of rotatable bonds is 4. The van der Waals surface area contributed by atoms with E-state index in [9.17, 15) is 0 Å². The lowest BCUT2D eigenvalue weighted by atomic mass is 10.3. The first kappa shape index (κ1) is 10.0. The number of thioether (sulfide) groups is 1. The van der Waals surface area contributed by atoms with Gasteiger partial charge < -0.3 is 5.73 Å². The maximum atomic E-state index is 5.48. The van der Waals surface area contributed by atoms with Gasteiger partial charge in [-0.3, -0.25) is 0 Å². The summed E-state index contributed by atoms with van der Waals surface area (Å²) in [5.74, 6) is 1.09. The van der Waals surface area contributed by atoms with Crippen molar-refractivity contribution in [3.63, 3.8) is 0 Å². The van der Waals surface area contributed by atoms with Crippen LogP contribution in [-0.2, 0) is 6.42 Å². The molecule has 0 saturated heterocycles. The summed E-state index contributed by atoms with van der Waals surface area (Å²) in [6.07, 6.45) is 0.966. The van der Waals surface area contributed by atoms with Gasteiger partial charge in [-0.05, 0) is 25.6 Å². The molecule has 1 heterocycles. The average Bonchev–Trinajstić information content (AvgIpc) is 2.34. The molecular formula is C8H14N2S2. The molecule has 2 nitrogen and oxygen atoms in total. The van der Waals surface area contributed by atoms with Crippen molar-refractivity contribution in [2.75, 3.05) is 12.3 Å². The van der Waals surface area contributed by atoms with Crippen molar-refractivity contribution in [2.45, 2.75) is 24.6 Å². The molecule has 0 unspecified atom stereocenters. The van der Waals surface area contributed by atoms with Gasteiger partial charge >= 0.3 is 0 Å². The maximum absolute atomic E-state index is 5.48. The molecule has 0 fully saturated rings. The standard InChI is InChI=1S/C8H14N2S2/c1-3-11-8-10-6(2)7(12-8)4-5-9/h3-5,9H2,1-2H3. The number of nitrogens with zero attached hydrogens (tertiary/aromatic N) is 1. The van der Waals surface area contributed by atoms with Crippen LogP contribution in [0.2, 0.25) is 0 Å². The molecule has 0 amide bonds. The molecule has 2 N–H and O–H groups in total. The SMILES string of the molecule is CCSc1nc(C)c(CCN)s1. The van der Waals surface area contributed by atoms with E-state index >= 15 is 0 Å². The Bertz CT molecular complexity index is 245. The highest BCUT2D eigenvalue weighted by atomic mass is 32.2. The van der Waals surface area contributed by atoms with Crippen LogP contribution in [-0.4, -0.2) is 17.3 Å². The number of nitrogens with two attached hydrogens (primary N) is 1. The lowest BCUT2D eigenvalue weighted by Gasteiger charge is -1.90. The third-order valence-corrected chi connectivity index (χ3v) is 3.75. The van der Waals surface area contributed by atoms with E-state index in [2.05, 4.69) is 18.8 Å². The monoisotopic (exact) mass is 202 g/mol. The number of aromatic nitrogens is 1. The molecule has 68 valence electrons. The quantitative estimate of drug-likeness (QED) is 0.760. The average molecular weight is 202 g/mol. The van der Waals surface area contributed by atoms with Gasteiger partial charge in [-0.1, -0.05) is 18.7 Å². The van der Waals surface area contributed by atoms with Crippen LogP contribution in [0, 0.1) is 6.92 Å². The molecule has 0 aliphatic heterocycles. The van der Waals surface area contributed by atoms with Gasteiger partial charge in [0.2, 0.25) is 0 Å². The van der Waals surface area contributed by atoms with E-state index in [4.69, 9.17) is 5.73 Å². The van der Waals surface area contributed by atoms with Gasteiger partial charge in [0.15, 0.2) is 0 Å². The normalized spacial score (nSPS) is 10.6. The molecule has 1 aromatic heterocycles. The van der Waals surface area contributed by atoms with Gasteiger partial charge in [0.05, 0.1) is 5.69 Å². The van der Waals surface area contributed by atoms with Crippen LogP contribution in [0.5, 0.6) is 0 Å². The van der Waals surface area contributed by atoms with Crippen LogP contribution in [0.15, 0.2) is 4.34 Å². The van der Waals surface area contributed by atoms with Crippen molar-refractivity contribution in [1.82, 2.24) is 4.98 Å². The van der Waals surface area contributed by atoms with Crippen molar-refractivity contribution in [1.29, 1.82) is 0 Å². The van der Waals surface area contributed by atoms with Crippen molar-refractivity contribution in [2.24, 2.45) is 5.73 Å². The zero-order valence-electron chi connectivity index (χ0n) is 7.46. The molecule has 0 aliphatic rings. The highest BCUT2D eigenvalue weighted by molar-refractivity contribution is 8.01. The molecule has 1 aromatic rings. The number of thiazole rings is 1. The molecule has 0 bridgehead atoms. The minimum absolute atomic E-state index is 0.721. The van der Waals surface area contributed by atoms with Gasteiger partial charge in [-0.2, -0.15) is 0 Å². The molecule has 0 spiro atoms. The minimum atomic E-state index is 0.721. The molecule has 1 rings (SSSR count). The largest absolute Gasteiger partial charge is 0.330 e. The Morgan fingerprint density at radius 1 is 1.58 bits per heavy atom. The topological polar surface area (TPSA) is 38.9 Å². The van der Waals surface area contributed by atoms with Crippen LogP contribution in [0.1, 0.15) is 17.5 Å². The second kappa shape index (κ2) is 4.84. The lowest BCUT2D eigenvalue weighted by Crippen LogP contribution is -2.01. The summed E-state index contributed by atoms with van der Waals surface area (Å²) in [6, 6.07) is 0. The Morgan fingerprint density at radius 2 is 2.33 bits per heavy atom. The van der Waals surface area contributed by atoms with Gasteiger partial charge in [-0.15, -0.1) is 11.3 Å². The first-order chi connectivity index (χ1) is 5.77. The number of aryl methyl sites for hydroxylation is 1. The molecule has 12 heavy (non-hydrogen) atoms. The Labute approximate surface area is 81.6 Å². The van der Waals surface area contributed by atoms with E-state index in [0.29, 0.717) is 0 Å². The summed E-state index contributed by atoms with van der Waals surface area (Å²) in [6.45, 7) is 4.92. The molecule has 0 aromatic carbocycles. The fourth-order valence-corrected chi connectivity index (χ4v) is 3.10. The second-order valence-corrected chi connectivity index (χ2v) is 5.05. The predicted octanol–water partition coefficient (Wildman–Crippen LogP) is 2.06. The van der Waals surface area contributed by atoms with Crippen LogP contribution < -0.4 is 5.73 Å². The lowest BCUT2D eigenvalue weighted by molar-refractivity contribution is 0.966. The Hall–Kier alpha value is -0.0600. The number of hydrogen-bond donors (Lipinski definition) is 1. The Morgan fingerprint density at radius 3 is 2.92 bits per heavy atom. The van der Waals surface area contributed by atoms with Crippen molar-refractivity contribution in [3.05, 3.63) is 10.6 Å². The summed E-state index contributed by atoms with van der Waals surface area (Å²) in [5, 5.41) is 0. The zero-order chi connectivity index (χ0) is 8.97. The van der Waals surface area contributed by atoms with E-state index in [0.717, 1.165) is 24.4 Å². The molecule has 4 heteroatoms. The summed E-state index contributed by atoms with van der Waals surface area (Å²) in [5.41, 5.74) is 6.64. The summed E-state index contributed by atoms with van der Waals surface area (Å²) in [7, 11) is 0. The molecular weight excluding hydrogens is 188 g/mol. The molecule has 0 aliphatic carbocycles. The Balaban J connectivity index is 2.70. The highest BCUT2D eigenvalue weighted by Gasteiger charge is 2.05. The summed E-state index contributed by atoms with van der Waals surface area (Å²) < 4.78 is 1.18. The fraction of sp³-hybridized carbons (Fsp3) is 0.625. The third-order valence-electron chi connectivity index (χ3n) is 1.51. The molecule has 0 radical (unpaired) electrons. The van der Waals surface area contributed by atoms with E-state index in [1.807, 2.05) is 0 Å².